The Kier molecular flexibility index (Phi) is 2.97. The van der Waals surface area contributed by atoms with E-state index in [4.69, 9.17) is 10.4 Å². The van der Waals surface area contributed by atoms with Crippen molar-refractivity contribution in [1.29, 1.82) is 5.26 Å². The molecule has 0 radical (unpaired) electrons. The highest BCUT2D eigenvalue weighted by atomic mass is 19.1. The molecule has 0 bridgehead atoms. The first-order valence-electron chi connectivity index (χ1n) is 3.75. The third kappa shape index (κ3) is 2.17. The molecule has 0 spiro atoms. The average Bonchev–Trinajstić information content (AvgIpc) is 2.15. The van der Waals surface area contributed by atoms with Crippen LogP contribution in [0.25, 0.3) is 5.57 Å². The molecule has 0 fully saturated rings. The van der Waals surface area contributed by atoms with Gasteiger partial charge in [-0.1, -0.05) is 18.2 Å². The monoisotopic (exact) mass is 191 g/mol. The standard InChI is InChI=1S/C10H6FNO2/c11-9-4-2-1-3-8(9)7(6-12)5-10(13)14/h1-5H,(H,13,14). The van der Waals surface area contributed by atoms with E-state index in [1.54, 1.807) is 6.07 Å². The first-order valence-corrected chi connectivity index (χ1v) is 3.75. The zero-order chi connectivity index (χ0) is 10.6. The SMILES string of the molecule is N#CC(=CC(=O)O)c1ccccc1F. The predicted octanol–water partition coefficient (Wildman–Crippen LogP) is 1.82. The number of rotatable bonds is 2. The van der Waals surface area contributed by atoms with Crippen LogP contribution in [0.1, 0.15) is 5.56 Å². The maximum absolute atomic E-state index is 13.1. The van der Waals surface area contributed by atoms with Crippen LogP contribution in [-0.4, -0.2) is 11.1 Å². The van der Waals surface area contributed by atoms with Gasteiger partial charge in [0.15, 0.2) is 0 Å². The van der Waals surface area contributed by atoms with E-state index in [0.29, 0.717) is 6.08 Å². The van der Waals surface area contributed by atoms with E-state index in [0.717, 1.165) is 0 Å². The molecule has 0 aliphatic rings. The molecule has 0 unspecified atom stereocenters. The highest BCUT2D eigenvalue weighted by Gasteiger charge is 2.07. The number of carbonyl (C=O) groups is 1. The van der Waals surface area contributed by atoms with Gasteiger partial charge in [-0.2, -0.15) is 5.26 Å². The second-order valence-corrected chi connectivity index (χ2v) is 2.49. The van der Waals surface area contributed by atoms with Crippen molar-refractivity contribution in [2.75, 3.05) is 0 Å². The Morgan fingerprint density at radius 3 is 2.64 bits per heavy atom. The maximum Gasteiger partial charge on any atom is 0.329 e. The summed E-state index contributed by atoms with van der Waals surface area (Å²) < 4.78 is 13.1. The summed E-state index contributed by atoms with van der Waals surface area (Å²) in [6, 6.07) is 7.15. The van der Waals surface area contributed by atoms with Crippen molar-refractivity contribution in [1.82, 2.24) is 0 Å². The van der Waals surface area contributed by atoms with Gasteiger partial charge in [-0.05, 0) is 6.07 Å². The third-order valence-corrected chi connectivity index (χ3v) is 1.55. The number of carboxylic acid groups (broad SMARTS) is 1. The Hall–Kier alpha value is -2.15. The lowest BCUT2D eigenvalue weighted by molar-refractivity contribution is -0.131. The minimum absolute atomic E-state index is 0.00241. The van der Waals surface area contributed by atoms with Crippen molar-refractivity contribution in [3.8, 4) is 6.07 Å². The lowest BCUT2D eigenvalue weighted by Gasteiger charge is -1.98. The van der Waals surface area contributed by atoms with Crippen molar-refractivity contribution in [3.05, 3.63) is 41.7 Å². The van der Waals surface area contributed by atoms with Gasteiger partial charge in [0.2, 0.25) is 0 Å². The normalized spacial score (nSPS) is 10.7. The van der Waals surface area contributed by atoms with E-state index in [2.05, 4.69) is 0 Å². The molecule has 3 nitrogen and oxygen atoms in total. The quantitative estimate of drug-likeness (QED) is 0.572. The summed E-state index contributed by atoms with van der Waals surface area (Å²) in [5.41, 5.74) is -0.201. The second kappa shape index (κ2) is 4.19. The third-order valence-electron chi connectivity index (χ3n) is 1.55. The fraction of sp³-hybridized carbons (Fsp3) is 0. The van der Waals surface area contributed by atoms with E-state index < -0.39 is 11.8 Å². The molecule has 0 aliphatic carbocycles. The predicted molar refractivity (Wildman–Crippen MR) is 47.6 cm³/mol. The van der Waals surface area contributed by atoms with Crippen LogP contribution in [0.5, 0.6) is 0 Å². The molecule has 0 amide bonds. The number of halogens is 1. The van der Waals surface area contributed by atoms with Crippen molar-refractivity contribution in [3.63, 3.8) is 0 Å². The highest BCUT2D eigenvalue weighted by Crippen LogP contribution is 2.16. The number of aliphatic carboxylic acids is 1. The Morgan fingerprint density at radius 1 is 1.50 bits per heavy atom. The molecule has 0 aromatic heterocycles. The van der Waals surface area contributed by atoms with Gasteiger partial charge in [-0.3, -0.25) is 0 Å². The number of carboxylic acids is 1. The highest BCUT2D eigenvalue weighted by molar-refractivity contribution is 5.94. The lowest BCUT2D eigenvalue weighted by atomic mass is 10.1. The van der Waals surface area contributed by atoms with Crippen LogP contribution in [0.2, 0.25) is 0 Å². The van der Waals surface area contributed by atoms with Gasteiger partial charge in [0, 0.05) is 11.6 Å². The molecule has 0 saturated carbocycles. The molecule has 0 aliphatic heterocycles. The molecule has 1 aromatic rings. The van der Waals surface area contributed by atoms with Crippen molar-refractivity contribution in [2.45, 2.75) is 0 Å². The van der Waals surface area contributed by atoms with E-state index in [-0.39, 0.29) is 11.1 Å². The largest absolute Gasteiger partial charge is 0.478 e. The Labute approximate surface area is 79.7 Å². The first-order chi connectivity index (χ1) is 6.65. The summed E-state index contributed by atoms with van der Waals surface area (Å²) in [7, 11) is 0. The van der Waals surface area contributed by atoms with E-state index in [9.17, 15) is 9.18 Å². The number of hydrogen-bond donors (Lipinski definition) is 1. The van der Waals surface area contributed by atoms with Gasteiger partial charge >= 0.3 is 5.97 Å². The van der Waals surface area contributed by atoms with Gasteiger partial charge in [-0.15, -0.1) is 0 Å². The Morgan fingerprint density at radius 2 is 2.14 bits per heavy atom. The Balaban J connectivity index is 3.22. The van der Waals surface area contributed by atoms with Crippen molar-refractivity contribution < 1.29 is 14.3 Å². The number of allylic oxidation sites excluding steroid dienone is 1. The average molecular weight is 191 g/mol. The van der Waals surface area contributed by atoms with Crippen LogP contribution in [0.3, 0.4) is 0 Å². The molecular weight excluding hydrogens is 185 g/mol. The van der Waals surface area contributed by atoms with Crippen LogP contribution >= 0.6 is 0 Å². The minimum atomic E-state index is -1.27. The van der Waals surface area contributed by atoms with Crippen LogP contribution in [0.15, 0.2) is 30.3 Å². The number of nitrogens with zero attached hydrogens (tertiary/aromatic N) is 1. The molecule has 0 heterocycles. The van der Waals surface area contributed by atoms with E-state index in [1.165, 1.54) is 24.3 Å². The fourth-order valence-electron chi connectivity index (χ4n) is 0.973. The summed E-state index contributed by atoms with van der Waals surface area (Å²) in [6.07, 6.45) is 0.679. The molecule has 1 rings (SSSR count). The minimum Gasteiger partial charge on any atom is -0.478 e. The zero-order valence-corrected chi connectivity index (χ0v) is 7.07. The Bertz CT molecular complexity index is 432. The maximum atomic E-state index is 13.1. The number of benzene rings is 1. The smallest absolute Gasteiger partial charge is 0.329 e. The topological polar surface area (TPSA) is 61.1 Å². The molecule has 4 heteroatoms. The van der Waals surface area contributed by atoms with Crippen molar-refractivity contribution >= 4 is 11.5 Å². The molecule has 0 atom stereocenters. The summed E-state index contributed by atoms with van der Waals surface area (Å²) in [6.45, 7) is 0. The zero-order valence-electron chi connectivity index (χ0n) is 7.07. The van der Waals surface area contributed by atoms with Crippen LogP contribution in [-0.2, 0) is 4.79 Å². The molecule has 14 heavy (non-hydrogen) atoms. The molecular formula is C10H6FNO2. The number of nitriles is 1. The molecule has 1 N–H and O–H groups in total. The van der Waals surface area contributed by atoms with Gasteiger partial charge < -0.3 is 5.11 Å². The van der Waals surface area contributed by atoms with E-state index >= 15 is 0 Å². The first kappa shape index (κ1) is 9.93. The van der Waals surface area contributed by atoms with E-state index in [1.807, 2.05) is 0 Å². The summed E-state index contributed by atoms with van der Waals surface area (Å²) in [5, 5.41) is 17.0. The van der Waals surface area contributed by atoms with Crippen molar-refractivity contribution in [2.24, 2.45) is 0 Å². The molecule has 1 aromatic carbocycles. The number of hydrogen-bond acceptors (Lipinski definition) is 2. The second-order valence-electron chi connectivity index (χ2n) is 2.49. The van der Waals surface area contributed by atoms with Gasteiger partial charge in [-0.25, -0.2) is 9.18 Å². The lowest BCUT2D eigenvalue weighted by Crippen LogP contribution is -1.93. The fourth-order valence-corrected chi connectivity index (χ4v) is 0.973. The summed E-state index contributed by atoms with van der Waals surface area (Å²) in [4.78, 5) is 10.3. The van der Waals surface area contributed by atoms with Gasteiger partial charge in [0.25, 0.3) is 0 Å². The van der Waals surface area contributed by atoms with Gasteiger partial charge in [0.1, 0.15) is 11.9 Å². The van der Waals surface area contributed by atoms with Crippen LogP contribution in [0, 0.1) is 17.1 Å². The summed E-state index contributed by atoms with van der Waals surface area (Å²) in [5.74, 6) is -1.88. The molecule has 70 valence electrons. The molecule has 0 saturated heterocycles. The van der Waals surface area contributed by atoms with Gasteiger partial charge in [0.05, 0.1) is 5.57 Å². The summed E-state index contributed by atoms with van der Waals surface area (Å²) >= 11 is 0. The van der Waals surface area contributed by atoms with Crippen LogP contribution in [0.4, 0.5) is 4.39 Å². The van der Waals surface area contributed by atoms with Crippen LogP contribution < -0.4 is 0 Å².